The Morgan fingerprint density at radius 3 is 2.35 bits per heavy atom. The topological polar surface area (TPSA) is 110 Å². The van der Waals surface area contributed by atoms with Crippen LogP contribution in [0.2, 0.25) is 0 Å². The molecule has 1 N–H and O–H groups in total. The highest BCUT2D eigenvalue weighted by Crippen LogP contribution is 1.94. The number of amides is 1. The SMILES string of the molecule is CCOC(=O)CN(C)C(=O)CCOC(=O)C=CC(=O)O. The second-order valence-corrected chi connectivity index (χ2v) is 3.64. The van der Waals surface area contributed by atoms with Gasteiger partial charge >= 0.3 is 17.9 Å². The summed E-state index contributed by atoms with van der Waals surface area (Å²) in [4.78, 5) is 44.9. The van der Waals surface area contributed by atoms with Crippen LogP contribution < -0.4 is 0 Å². The summed E-state index contributed by atoms with van der Waals surface area (Å²) in [6, 6.07) is 0. The Bertz CT molecular complexity index is 403. The van der Waals surface area contributed by atoms with E-state index in [4.69, 9.17) is 5.11 Å². The van der Waals surface area contributed by atoms with E-state index in [2.05, 4.69) is 9.47 Å². The van der Waals surface area contributed by atoms with Gasteiger partial charge in [-0.15, -0.1) is 0 Å². The minimum absolute atomic E-state index is 0.109. The first-order valence-corrected chi connectivity index (χ1v) is 5.84. The van der Waals surface area contributed by atoms with Crippen molar-refractivity contribution in [3.05, 3.63) is 12.2 Å². The summed E-state index contributed by atoms with van der Waals surface area (Å²) in [5.74, 6) is -3.04. The Kier molecular flexibility index (Phi) is 8.40. The fourth-order valence-electron chi connectivity index (χ4n) is 1.11. The summed E-state index contributed by atoms with van der Waals surface area (Å²) in [6.45, 7) is 1.51. The van der Waals surface area contributed by atoms with Crippen LogP contribution in [0.3, 0.4) is 0 Å². The minimum atomic E-state index is -1.27. The van der Waals surface area contributed by atoms with E-state index < -0.39 is 23.8 Å². The molecule has 0 aromatic carbocycles. The Balaban J connectivity index is 3.95. The van der Waals surface area contributed by atoms with E-state index in [0.717, 1.165) is 11.0 Å². The number of hydrogen-bond donors (Lipinski definition) is 1. The molecule has 0 rings (SSSR count). The van der Waals surface area contributed by atoms with Gasteiger partial charge in [-0.05, 0) is 6.92 Å². The van der Waals surface area contributed by atoms with Crippen molar-refractivity contribution in [2.75, 3.05) is 26.8 Å². The lowest BCUT2D eigenvalue weighted by Crippen LogP contribution is -2.33. The van der Waals surface area contributed by atoms with Gasteiger partial charge in [-0.1, -0.05) is 0 Å². The first kappa shape index (κ1) is 17.6. The minimum Gasteiger partial charge on any atom is -0.478 e. The second-order valence-electron chi connectivity index (χ2n) is 3.64. The fraction of sp³-hybridized carbons (Fsp3) is 0.500. The summed E-state index contributed by atoms with van der Waals surface area (Å²) in [5.41, 5.74) is 0. The average Bonchev–Trinajstić information content (AvgIpc) is 2.36. The van der Waals surface area contributed by atoms with E-state index in [1.807, 2.05) is 0 Å². The molecule has 1 amide bonds. The lowest BCUT2D eigenvalue weighted by atomic mass is 10.4. The maximum absolute atomic E-state index is 11.5. The molecule has 0 heterocycles. The smallest absolute Gasteiger partial charge is 0.331 e. The molecule has 0 aliphatic heterocycles. The predicted molar refractivity (Wildman–Crippen MR) is 66.6 cm³/mol. The third kappa shape index (κ3) is 8.67. The van der Waals surface area contributed by atoms with Gasteiger partial charge in [-0.2, -0.15) is 0 Å². The van der Waals surface area contributed by atoms with Gasteiger partial charge in [-0.25, -0.2) is 9.59 Å². The van der Waals surface area contributed by atoms with Crippen molar-refractivity contribution >= 4 is 23.8 Å². The molecule has 0 atom stereocenters. The van der Waals surface area contributed by atoms with Crippen molar-refractivity contribution in [2.24, 2.45) is 0 Å². The number of carbonyl (C=O) groups excluding carboxylic acids is 3. The van der Waals surface area contributed by atoms with Crippen molar-refractivity contribution in [2.45, 2.75) is 13.3 Å². The fourth-order valence-corrected chi connectivity index (χ4v) is 1.11. The number of carboxylic acid groups (broad SMARTS) is 1. The highest BCUT2D eigenvalue weighted by atomic mass is 16.5. The molecule has 0 saturated heterocycles. The number of carbonyl (C=O) groups is 4. The standard InChI is InChI=1S/C12H17NO7/c1-3-19-12(18)8-13(2)9(14)6-7-20-11(17)5-4-10(15)16/h4-5H,3,6-8H2,1-2H3,(H,15,16). The maximum Gasteiger partial charge on any atom is 0.331 e. The zero-order valence-corrected chi connectivity index (χ0v) is 11.3. The Morgan fingerprint density at radius 2 is 1.80 bits per heavy atom. The van der Waals surface area contributed by atoms with Crippen LogP contribution in [0.25, 0.3) is 0 Å². The van der Waals surface area contributed by atoms with Crippen LogP contribution in [-0.2, 0) is 28.7 Å². The first-order valence-electron chi connectivity index (χ1n) is 5.84. The van der Waals surface area contributed by atoms with Crippen molar-refractivity contribution in [1.29, 1.82) is 0 Å². The number of nitrogens with zero attached hydrogens (tertiary/aromatic N) is 1. The molecule has 0 bridgehead atoms. The molecule has 0 radical (unpaired) electrons. The van der Waals surface area contributed by atoms with E-state index >= 15 is 0 Å². The van der Waals surface area contributed by atoms with Crippen LogP contribution >= 0.6 is 0 Å². The van der Waals surface area contributed by atoms with Gasteiger partial charge < -0.3 is 19.5 Å². The van der Waals surface area contributed by atoms with E-state index in [-0.39, 0.29) is 26.2 Å². The quantitative estimate of drug-likeness (QED) is 0.477. The first-order chi connectivity index (χ1) is 9.36. The summed E-state index contributed by atoms with van der Waals surface area (Å²) in [5, 5.41) is 8.28. The molecular formula is C12H17NO7. The number of hydrogen-bond acceptors (Lipinski definition) is 6. The second kappa shape index (κ2) is 9.54. The van der Waals surface area contributed by atoms with Crippen LogP contribution in [0.5, 0.6) is 0 Å². The third-order valence-electron chi connectivity index (χ3n) is 2.02. The predicted octanol–water partition coefficient (Wildman–Crippen LogP) is -0.418. The highest BCUT2D eigenvalue weighted by Gasteiger charge is 2.13. The number of carboxylic acids is 1. The molecule has 20 heavy (non-hydrogen) atoms. The molecule has 0 aromatic rings. The molecule has 8 heteroatoms. The van der Waals surface area contributed by atoms with E-state index in [9.17, 15) is 19.2 Å². The summed E-state index contributed by atoms with van der Waals surface area (Å²) >= 11 is 0. The molecule has 8 nitrogen and oxygen atoms in total. The van der Waals surface area contributed by atoms with Gasteiger partial charge in [0.15, 0.2) is 0 Å². The summed E-state index contributed by atoms with van der Waals surface area (Å²) in [6.07, 6.45) is 1.27. The molecule has 0 unspecified atom stereocenters. The number of ether oxygens (including phenoxy) is 2. The molecule has 0 spiro atoms. The van der Waals surface area contributed by atoms with Gasteiger partial charge in [0.1, 0.15) is 13.2 Å². The number of esters is 2. The summed E-state index contributed by atoms with van der Waals surface area (Å²) < 4.78 is 9.29. The highest BCUT2D eigenvalue weighted by molar-refractivity contribution is 5.90. The van der Waals surface area contributed by atoms with Crippen LogP contribution in [0.15, 0.2) is 12.2 Å². The molecule has 0 fully saturated rings. The van der Waals surface area contributed by atoms with Gasteiger partial charge in [-0.3, -0.25) is 9.59 Å². The maximum atomic E-state index is 11.5. The molecule has 0 aliphatic carbocycles. The monoisotopic (exact) mass is 287 g/mol. The van der Waals surface area contributed by atoms with Gasteiger partial charge in [0.2, 0.25) is 5.91 Å². The van der Waals surface area contributed by atoms with Gasteiger partial charge in [0.05, 0.1) is 13.0 Å². The van der Waals surface area contributed by atoms with Crippen molar-refractivity contribution < 1.29 is 33.8 Å². The molecule has 0 saturated carbocycles. The lowest BCUT2D eigenvalue weighted by Gasteiger charge is -2.15. The zero-order valence-electron chi connectivity index (χ0n) is 11.3. The molecule has 0 aliphatic rings. The molecule has 112 valence electrons. The molecular weight excluding hydrogens is 270 g/mol. The van der Waals surface area contributed by atoms with E-state index in [1.54, 1.807) is 6.92 Å². The Morgan fingerprint density at radius 1 is 1.15 bits per heavy atom. The van der Waals surface area contributed by atoms with E-state index in [1.165, 1.54) is 7.05 Å². The molecule has 0 aromatic heterocycles. The van der Waals surface area contributed by atoms with Gasteiger partial charge in [0, 0.05) is 19.2 Å². The van der Waals surface area contributed by atoms with Crippen LogP contribution in [0, 0.1) is 0 Å². The normalized spacial score (nSPS) is 10.1. The van der Waals surface area contributed by atoms with Crippen LogP contribution in [0.1, 0.15) is 13.3 Å². The van der Waals surface area contributed by atoms with Crippen LogP contribution in [-0.4, -0.2) is 60.6 Å². The van der Waals surface area contributed by atoms with Gasteiger partial charge in [0.25, 0.3) is 0 Å². The number of likely N-dealkylation sites (N-methyl/N-ethyl adjacent to an activating group) is 1. The zero-order chi connectivity index (χ0) is 15.5. The third-order valence-corrected chi connectivity index (χ3v) is 2.02. The van der Waals surface area contributed by atoms with Crippen molar-refractivity contribution in [3.8, 4) is 0 Å². The van der Waals surface area contributed by atoms with Crippen molar-refractivity contribution in [1.82, 2.24) is 4.90 Å². The van der Waals surface area contributed by atoms with Crippen molar-refractivity contribution in [3.63, 3.8) is 0 Å². The van der Waals surface area contributed by atoms with Crippen LogP contribution in [0.4, 0.5) is 0 Å². The van der Waals surface area contributed by atoms with E-state index in [0.29, 0.717) is 6.08 Å². The lowest BCUT2D eigenvalue weighted by molar-refractivity contribution is -0.149. The number of rotatable bonds is 8. The Hall–Kier alpha value is -2.38. The largest absolute Gasteiger partial charge is 0.478 e. The summed E-state index contributed by atoms with van der Waals surface area (Å²) in [7, 11) is 1.42. The Labute approximate surface area is 115 Å². The number of aliphatic carboxylic acids is 1. The average molecular weight is 287 g/mol.